The first-order chi connectivity index (χ1) is 7.52. The van der Waals surface area contributed by atoms with Crippen LogP contribution in [-0.2, 0) is 4.79 Å². The molecule has 0 aliphatic heterocycles. The molecular formula is C10H12ClN3O2. The van der Waals surface area contributed by atoms with E-state index in [2.05, 4.69) is 15.6 Å². The maximum absolute atomic E-state index is 11.6. The van der Waals surface area contributed by atoms with Crippen molar-refractivity contribution >= 4 is 23.4 Å². The second kappa shape index (κ2) is 5.46. The normalized spacial score (nSPS) is 9.69. The number of pyridine rings is 1. The fourth-order valence-corrected chi connectivity index (χ4v) is 1.36. The molecule has 2 amide bonds. The molecule has 1 aromatic rings. The molecule has 0 saturated carbocycles. The largest absolute Gasteiger partial charge is 0.358 e. The van der Waals surface area contributed by atoms with Gasteiger partial charge < -0.3 is 10.6 Å². The smallest absolute Gasteiger partial charge is 0.251 e. The standard InChI is InChI=1S/C10H12ClN3O2/c1-6-3-7(4-8(11)14-6)10(16)13-5-9(15)12-2/h3-4H,5H2,1-2H3,(H,12,15)(H,13,16). The average Bonchev–Trinajstić information content (AvgIpc) is 2.23. The van der Waals surface area contributed by atoms with Gasteiger partial charge in [-0.2, -0.15) is 0 Å². The summed E-state index contributed by atoms with van der Waals surface area (Å²) in [7, 11) is 1.50. The van der Waals surface area contributed by atoms with Crippen molar-refractivity contribution in [2.75, 3.05) is 13.6 Å². The monoisotopic (exact) mass is 241 g/mol. The van der Waals surface area contributed by atoms with Gasteiger partial charge in [0.25, 0.3) is 5.91 Å². The van der Waals surface area contributed by atoms with Crippen molar-refractivity contribution in [1.29, 1.82) is 0 Å². The first-order valence-corrected chi connectivity index (χ1v) is 5.03. The molecular weight excluding hydrogens is 230 g/mol. The van der Waals surface area contributed by atoms with Crippen LogP contribution in [0.15, 0.2) is 12.1 Å². The van der Waals surface area contributed by atoms with Crippen LogP contribution in [0.3, 0.4) is 0 Å². The highest BCUT2D eigenvalue weighted by Crippen LogP contribution is 2.09. The van der Waals surface area contributed by atoms with Crippen LogP contribution in [0.5, 0.6) is 0 Å². The fourth-order valence-electron chi connectivity index (χ4n) is 1.11. The molecule has 0 fully saturated rings. The highest BCUT2D eigenvalue weighted by atomic mass is 35.5. The van der Waals surface area contributed by atoms with E-state index >= 15 is 0 Å². The second-order valence-corrected chi connectivity index (χ2v) is 3.56. The molecule has 5 nitrogen and oxygen atoms in total. The lowest BCUT2D eigenvalue weighted by molar-refractivity contribution is -0.119. The number of aromatic nitrogens is 1. The lowest BCUT2D eigenvalue weighted by Gasteiger charge is -2.05. The first kappa shape index (κ1) is 12.4. The predicted octanol–water partition coefficient (Wildman–Crippen LogP) is 0.519. The van der Waals surface area contributed by atoms with E-state index in [0.717, 1.165) is 0 Å². The lowest BCUT2D eigenvalue weighted by Crippen LogP contribution is -2.35. The van der Waals surface area contributed by atoms with Crippen LogP contribution in [0.1, 0.15) is 16.1 Å². The molecule has 1 rings (SSSR count). The third-order valence-corrected chi connectivity index (χ3v) is 2.07. The molecule has 6 heteroatoms. The molecule has 1 aromatic heterocycles. The molecule has 86 valence electrons. The van der Waals surface area contributed by atoms with Gasteiger partial charge in [-0.25, -0.2) is 4.98 Å². The highest BCUT2D eigenvalue weighted by molar-refractivity contribution is 6.29. The van der Waals surface area contributed by atoms with E-state index in [1.165, 1.54) is 13.1 Å². The Morgan fingerprint density at radius 1 is 1.44 bits per heavy atom. The van der Waals surface area contributed by atoms with Crippen LogP contribution in [0.25, 0.3) is 0 Å². The van der Waals surface area contributed by atoms with Crippen molar-refractivity contribution in [1.82, 2.24) is 15.6 Å². The minimum absolute atomic E-state index is 0.0612. The Labute approximate surface area is 98.2 Å². The maximum Gasteiger partial charge on any atom is 0.251 e. The summed E-state index contributed by atoms with van der Waals surface area (Å²) in [4.78, 5) is 26.4. The van der Waals surface area contributed by atoms with Crippen molar-refractivity contribution in [2.24, 2.45) is 0 Å². The topological polar surface area (TPSA) is 71.1 Å². The Balaban J connectivity index is 2.69. The van der Waals surface area contributed by atoms with Crippen LogP contribution >= 0.6 is 11.6 Å². The number of amides is 2. The number of nitrogens with zero attached hydrogens (tertiary/aromatic N) is 1. The summed E-state index contributed by atoms with van der Waals surface area (Å²) in [5.41, 5.74) is 1.04. The van der Waals surface area contributed by atoms with E-state index in [1.807, 2.05) is 0 Å². The van der Waals surface area contributed by atoms with E-state index < -0.39 is 0 Å². The minimum atomic E-state index is -0.351. The van der Waals surface area contributed by atoms with Crippen LogP contribution in [0.2, 0.25) is 5.15 Å². The third kappa shape index (κ3) is 3.51. The quantitative estimate of drug-likeness (QED) is 0.758. The molecule has 2 N–H and O–H groups in total. The number of carbonyl (C=O) groups is 2. The van der Waals surface area contributed by atoms with Gasteiger partial charge in [-0.1, -0.05) is 11.6 Å². The molecule has 1 heterocycles. The molecule has 0 bridgehead atoms. The minimum Gasteiger partial charge on any atom is -0.358 e. The first-order valence-electron chi connectivity index (χ1n) is 4.66. The van der Waals surface area contributed by atoms with Crippen LogP contribution < -0.4 is 10.6 Å². The fraction of sp³-hybridized carbons (Fsp3) is 0.300. The third-order valence-electron chi connectivity index (χ3n) is 1.87. The summed E-state index contributed by atoms with van der Waals surface area (Å²) in [6, 6.07) is 3.05. The maximum atomic E-state index is 11.6. The number of hydrogen-bond acceptors (Lipinski definition) is 3. The molecule has 0 aliphatic rings. The Hall–Kier alpha value is -1.62. The number of aryl methyl sites for hydroxylation is 1. The summed E-state index contributed by atoms with van der Waals surface area (Å²) in [6.45, 7) is 1.68. The zero-order valence-electron chi connectivity index (χ0n) is 9.00. The van der Waals surface area contributed by atoms with Gasteiger partial charge in [-0.15, -0.1) is 0 Å². The summed E-state index contributed by atoms with van der Waals surface area (Å²) >= 11 is 5.71. The molecule has 0 aliphatic carbocycles. The Kier molecular flexibility index (Phi) is 4.25. The summed E-state index contributed by atoms with van der Waals surface area (Å²) in [6.07, 6.45) is 0. The van der Waals surface area contributed by atoms with Crippen molar-refractivity contribution < 1.29 is 9.59 Å². The molecule has 0 spiro atoms. The van der Waals surface area contributed by atoms with Crippen LogP contribution in [0.4, 0.5) is 0 Å². The SMILES string of the molecule is CNC(=O)CNC(=O)c1cc(C)nc(Cl)c1. The zero-order valence-corrected chi connectivity index (χ0v) is 9.76. The summed E-state index contributed by atoms with van der Waals surface area (Å²) in [5, 5.41) is 5.12. The van der Waals surface area contributed by atoms with Crippen LogP contribution in [-0.4, -0.2) is 30.4 Å². The number of halogens is 1. The van der Waals surface area contributed by atoms with E-state index in [-0.39, 0.29) is 23.5 Å². The van der Waals surface area contributed by atoms with Gasteiger partial charge in [0, 0.05) is 18.3 Å². The Morgan fingerprint density at radius 3 is 2.69 bits per heavy atom. The van der Waals surface area contributed by atoms with Gasteiger partial charge in [0.1, 0.15) is 5.15 Å². The Morgan fingerprint density at radius 2 is 2.12 bits per heavy atom. The summed E-state index contributed by atoms with van der Waals surface area (Å²) in [5.74, 6) is -0.610. The zero-order chi connectivity index (χ0) is 12.1. The number of rotatable bonds is 3. The summed E-state index contributed by atoms with van der Waals surface area (Å²) < 4.78 is 0. The number of carbonyl (C=O) groups excluding carboxylic acids is 2. The van der Waals surface area contributed by atoms with Gasteiger partial charge in [0.15, 0.2) is 0 Å². The van der Waals surface area contributed by atoms with E-state index in [4.69, 9.17) is 11.6 Å². The lowest BCUT2D eigenvalue weighted by atomic mass is 10.2. The van der Waals surface area contributed by atoms with Crippen molar-refractivity contribution in [3.05, 3.63) is 28.5 Å². The van der Waals surface area contributed by atoms with Crippen molar-refractivity contribution in [3.63, 3.8) is 0 Å². The van der Waals surface area contributed by atoms with Gasteiger partial charge in [-0.3, -0.25) is 9.59 Å². The molecule has 0 unspecified atom stereocenters. The van der Waals surface area contributed by atoms with Crippen molar-refractivity contribution in [2.45, 2.75) is 6.92 Å². The molecule has 0 aromatic carbocycles. The van der Waals surface area contributed by atoms with Crippen molar-refractivity contribution in [3.8, 4) is 0 Å². The van der Waals surface area contributed by atoms with Gasteiger partial charge in [-0.05, 0) is 19.1 Å². The van der Waals surface area contributed by atoms with E-state index in [1.54, 1.807) is 13.0 Å². The van der Waals surface area contributed by atoms with E-state index in [9.17, 15) is 9.59 Å². The molecule has 0 radical (unpaired) electrons. The number of likely N-dealkylation sites (N-methyl/N-ethyl adjacent to an activating group) is 1. The second-order valence-electron chi connectivity index (χ2n) is 3.18. The average molecular weight is 242 g/mol. The molecule has 0 saturated heterocycles. The molecule has 16 heavy (non-hydrogen) atoms. The number of hydrogen-bond donors (Lipinski definition) is 2. The van der Waals surface area contributed by atoms with Gasteiger partial charge >= 0.3 is 0 Å². The molecule has 0 atom stereocenters. The van der Waals surface area contributed by atoms with Gasteiger partial charge in [0.05, 0.1) is 6.54 Å². The van der Waals surface area contributed by atoms with Crippen LogP contribution in [0, 0.1) is 6.92 Å². The highest BCUT2D eigenvalue weighted by Gasteiger charge is 2.08. The van der Waals surface area contributed by atoms with Gasteiger partial charge in [0.2, 0.25) is 5.91 Å². The number of nitrogens with one attached hydrogen (secondary N) is 2. The van der Waals surface area contributed by atoms with E-state index in [0.29, 0.717) is 11.3 Å². The predicted molar refractivity (Wildman–Crippen MR) is 60.4 cm³/mol. The Bertz CT molecular complexity index is 400.